The minimum absolute atomic E-state index is 0.00785. The van der Waals surface area contributed by atoms with Gasteiger partial charge in [-0.1, -0.05) is 60.1 Å². The van der Waals surface area contributed by atoms with Crippen molar-refractivity contribution in [3.05, 3.63) is 11.6 Å². The average molecular weight is 473 g/mol. The van der Waals surface area contributed by atoms with Crippen molar-refractivity contribution in [1.82, 2.24) is 0 Å². The van der Waals surface area contributed by atoms with Gasteiger partial charge in [-0.25, -0.2) is 0 Å². The fourth-order valence-corrected chi connectivity index (χ4v) is 10.8. The highest BCUT2D eigenvalue weighted by Gasteiger charge is 2.70. The number of aliphatic carboxylic acids is 1. The second-order valence-electron chi connectivity index (χ2n) is 15.2. The normalized spacial score (nSPS) is 53.4. The quantitative estimate of drug-likeness (QED) is 0.397. The van der Waals surface area contributed by atoms with Gasteiger partial charge in [0.05, 0.1) is 17.6 Å². The lowest BCUT2D eigenvalue weighted by atomic mass is 9.33. The van der Waals surface area contributed by atoms with Gasteiger partial charge < -0.3 is 15.3 Å². The summed E-state index contributed by atoms with van der Waals surface area (Å²) in [6, 6.07) is 0. The molecule has 4 saturated carbocycles. The zero-order valence-electron chi connectivity index (χ0n) is 22.6. The van der Waals surface area contributed by atoms with E-state index < -0.39 is 23.6 Å². The van der Waals surface area contributed by atoms with Crippen LogP contribution in [-0.4, -0.2) is 33.5 Å². The first-order valence-electron chi connectivity index (χ1n) is 13.9. The predicted molar refractivity (Wildman–Crippen MR) is 134 cm³/mol. The number of hydrogen-bond acceptors (Lipinski definition) is 3. The van der Waals surface area contributed by atoms with Gasteiger partial charge in [-0.2, -0.15) is 0 Å². The van der Waals surface area contributed by atoms with Crippen LogP contribution in [0.3, 0.4) is 0 Å². The topological polar surface area (TPSA) is 77.8 Å². The maximum atomic E-state index is 12.8. The van der Waals surface area contributed by atoms with E-state index in [4.69, 9.17) is 0 Å². The van der Waals surface area contributed by atoms with Gasteiger partial charge in [-0.3, -0.25) is 4.79 Å². The molecule has 0 saturated heterocycles. The Morgan fingerprint density at radius 3 is 2.18 bits per heavy atom. The summed E-state index contributed by atoms with van der Waals surface area (Å²) >= 11 is 0. The monoisotopic (exact) mass is 472 g/mol. The number of carboxylic acid groups (broad SMARTS) is 1. The van der Waals surface area contributed by atoms with Crippen molar-refractivity contribution in [2.45, 2.75) is 118 Å². The first kappa shape index (κ1) is 24.8. The molecule has 192 valence electrons. The highest BCUT2D eigenvalue weighted by atomic mass is 16.4. The van der Waals surface area contributed by atoms with Crippen LogP contribution >= 0.6 is 0 Å². The van der Waals surface area contributed by atoms with Crippen LogP contribution in [0.2, 0.25) is 0 Å². The molecule has 0 amide bonds. The number of carboxylic acids is 1. The largest absolute Gasteiger partial charge is 0.481 e. The van der Waals surface area contributed by atoms with Gasteiger partial charge in [0.15, 0.2) is 0 Å². The summed E-state index contributed by atoms with van der Waals surface area (Å²) in [7, 11) is 0. The highest BCUT2D eigenvalue weighted by Crippen LogP contribution is 2.75. The Balaban J connectivity index is 1.61. The van der Waals surface area contributed by atoms with Gasteiger partial charge in [0, 0.05) is 0 Å². The molecule has 4 fully saturated rings. The van der Waals surface area contributed by atoms with Crippen LogP contribution in [0.1, 0.15) is 106 Å². The molecule has 4 nitrogen and oxygen atoms in total. The molecule has 0 bridgehead atoms. The zero-order chi connectivity index (χ0) is 25.1. The second kappa shape index (κ2) is 7.12. The molecule has 0 aromatic heterocycles. The third-order valence-corrected chi connectivity index (χ3v) is 13.0. The average Bonchev–Trinajstić information content (AvgIpc) is 2.72. The third kappa shape index (κ3) is 2.88. The van der Waals surface area contributed by atoms with E-state index in [9.17, 15) is 20.1 Å². The Bertz CT molecular complexity index is 919. The smallest absolute Gasteiger partial charge is 0.310 e. The number of carbonyl (C=O) groups is 1. The third-order valence-electron chi connectivity index (χ3n) is 13.0. The van der Waals surface area contributed by atoms with Crippen molar-refractivity contribution in [2.24, 2.45) is 50.2 Å². The van der Waals surface area contributed by atoms with Gasteiger partial charge in [-0.15, -0.1) is 0 Å². The molecule has 0 aromatic carbocycles. The number of rotatable bonds is 1. The summed E-state index contributed by atoms with van der Waals surface area (Å²) in [6.07, 6.45) is 9.45. The van der Waals surface area contributed by atoms with E-state index in [-0.39, 0.29) is 33.0 Å². The van der Waals surface area contributed by atoms with E-state index in [0.29, 0.717) is 18.3 Å². The first-order valence-corrected chi connectivity index (χ1v) is 13.9. The van der Waals surface area contributed by atoms with Gasteiger partial charge in [0.25, 0.3) is 0 Å². The molecule has 0 aromatic rings. The van der Waals surface area contributed by atoms with Crippen molar-refractivity contribution in [1.29, 1.82) is 0 Å². The van der Waals surface area contributed by atoms with Crippen LogP contribution in [0.25, 0.3) is 0 Å². The van der Waals surface area contributed by atoms with Crippen LogP contribution in [0.4, 0.5) is 0 Å². The van der Waals surface area contributed by atoms with E-state index in [2.05, 4.69) is 54.5 Å². The minimum Gasteiger partial charge on any atom is -0.481 e. The van der Waals surface area contributed by atoms with Crippen LogP contribution in [0.5, 0.6) is 0 Å². The highest BCUT2D eigenvalue weighted by molar-refractivity contribution is 5.76. The molecule has 0 heterocycles. The summed E-state index contributed by atoms with van der Waals surface area (Å²) in [4.78, 5) is 12.8. The maximum Gasteiger partial charge on any atom is 0.310 e. The second-order valence-corrected chi connectivity index (χ2v) is 15.2. The van der Waals surface area contributed by atoms with Crippen LogP contribution in [-0.2, 0) is 4.79 Å². The lowest BCUT2D eigenvalue weighted by Crippen LogP contribution is -2.67. The lowest BCUT2D eigenvalue weighted by molar-refractivity contribution is -0.231. The van der Waals surface area contributed by atoms with E-state index in [1.54, 1.807) is 0 Å². The van der Waals surface area contributed by atoms with Crippen molar-refractivity contribution >= 4 is 5.97 Å². The summed E-state index contributed by atoms with van der Waals surface area (Å²) in [5.41, 5.74) is 0.754. The molecule has 4 heteroatoms. The van der Waals surface area contributed by atoms with Crippen LogP contribution in [0, 0.1) is 50.2 Å². The predicted octanol–water partition coefficient (Wildman–Crippen LogP) is 6.20. The summed E-state index contributed by atoms with van der Waals surface area (Å²) in [6.45, 7) is 16.3. The lowest BCUT2D eigenvalue weighted by Gasteiger charge is -2.71. The Hall–Kier alpha value is -0.870. The van der Waals surface area contributed by atoms with E-state index >= 15 is 0 Å². The molecule has 0 aliphatic heterocycles. The molecule has 5 aliphatic carbocycles. The standard InChI is InChI=1S/C30H48O4/c1-25(2)12-14-30(24(33)34)15-13-28(6)18(19(30)16-25)8-9-22-27(5)17-20(31)23(32)26(3,4)21(27)10-11-29(22,28)7/h8,19-23,31-32H,9-17H2,1-7H3,(H,33,34)/t19-,20-,21-,22-,23+,27+,28+,29-,30+/m1/s1. The molecular weight excluding hydrogens is 424 g/mol. The van der Waals surface area contributed by atoms with E-state index in [0.717, 1.165) is 51.4 Å². The molecular formula is C30H48O4. The zero-order valence-corrected chi connectivity index (χ0v) is 22.6. The van der Waals surface area contributed by atoms with Gasteiger partial charge in [0.1, 0.15) is 0 Å². The molecule has 3 N–H and O–H groups in total. The fourth-order valence-electron chi connectivity index (χ4n) is 10.8. The molecule has 5 aliphatic rings. The Kier molecular flexibility index (Phi) is 5.20. The Morgan fingerprint density at radius 2 is 1.53 bits per heavy atom. The number of allylic oxidation sites excluding steroid dienone is 2. The number of aliphatic hydroxyl groups is 2. The molecule has 9 atom stereocenters. The van der Waals surface area contributed by atoms with Crippen molar-refractivity contribution in [3.8, 4) is 0 Å². The summed E-state index contributed by atoms with van der Waals surface area (Å²) in [5, 5.41) is 32.4. The van der Waals surface area contributed by atoms with E-state index in [1.807, 2.05) is 0 Å². The Labute approximate surface area is 206 Å². The van der Waals surface area contributed by atoms with Gasteiger partial charge in [0.2, 0.25) is 0 Å². The van der Waals surface area contributed by atoms with E-state index in [1.165, 1.54) is 5.57 Å². The first-order chi connectivity index (χ1) is 15.6. The summed E-state index contributed by atoms with van der Waals surface area (Å²) in [5.74, 6) is 0.365. The minimum atomic E-state index is -0.679. The molecule has 0 spiro atoms. The van der Waals surface area contributed by atoms with Crippen molar-refractivity contribution < 1.29 is 20.1 Å². The van der Waals surface area contributed by atoms with Crippen LogP contribution in [0.15, 0.2) is 11.6 Å². The van der Waals surface area contributed by atoms with Crippen LogP contribution < -0.4 is 0 Å². The number of aliphatic hydroxyl groups excluding tert-OH is 2. The Morgan fingerprint density at radius 1 is 0.882 bits per heavy atom. The molecule has 0 radical (unpaired) electrons. The SMILES string of the molecule is CC1(C)CC[C@]2(C(=O)O)CC[C@@]3(C)C(=CC[C@@H]4[C@@]5(C)C[C@@H](O)[C@H](O)C(C)(C)[C@H]5CC[C@]43C)[C@H]2C1. The van der Waals surface area contributed by atoms with Crippen molar-refractivity contribution in [3.63, 3.8) is 0 Å². The number of hydrogen-bond donors (Lipinski definition) is 3. The fraction of sp³-hybridized carbons (Fsp3) is 0.900. The molecule has 0 unspecified atom stereocenters. The van der Waals surface area contributed by atoms with Gasteiger partial charge in [-0.05, 0) is 103 Å². The maximum absolute atomic E-state index is 12.8. The van der Waals surface area contributed by atoms with Gasteiger partial charge >= 0.3 is 5.97 Å². The summed E-state index contributed by atoms with van der Waals surface area (Å²) < 4.78 is 0. The van der Waals surface area contributed by atoms with Crippen molar-refractivity contribution in [2.75, 3.05) is 0 Å². The molecule has 5 rings (SSSR count). The molecule has 34 heavy (non-hydrogen) atoms. The number of fused-ring (bicyclic) bond motifs is 7.